The third-order valence-electron chi connectivity index (χ3n) is 5.57. The first kappa shape index (κ1) is 22.3. The second kappa shape index (κ2) is 8.90. The van der Waals surface area contributed by atoms with Crippen LogP contribution in [0, 0.1) is 0 Å². The molecule has 0 aliphatic carbocycles. The Kier molecular flexibility index (Phi) is 6.01. The van der Waals surface area contributed by atoms with Crippen LogP contribution >= 0.6 is 0 Å². The molecular formula is C26H22N2O4S. The van der Waals surface area contributed by atoms with Gasteiger partial charge in [-0.25, -0.2) is 12.4 Å². The molecule has 0 aliphatic rings. The van der Waals surface area contributed by atoms with Crippen LogP contribution in [-0.4, -0.2) is 28.5 Å². The summed E-state index contributed by atoms with van der Waals surface area (Å²) in [5.74, 6) is -0.941. The number of pyridine rings is 1. The van der Waals surface area contributed by atoms with Crippen molar-refractivity contribution in [2.75, 3.05) is 0 Å². The molecule has 0 saturated carbocycles. The predicted molar refractivity (Wildman–Crippen MR) is 128 cm³/mol. The Labute approximate surface area is 192 Å². The molecule has 1 N–H and O–H groups in total. The lowest BCUT2D eigenvalue weighted by Gasteiger charge is -2.09. The summed E-state index contributed by atoms with van der Waals surface area (Å²) in [6.07, 6.45) is 5.05. The minimum atomic E-state index is -3.90. The predicted octanol–water partition coefficient (Wildman–Crippen LogP) is 5.15. The molecule has 0 radical (unpaired) electrons. The van der Waals surface area contributed by atoms with Crippen LogP contribution in [0.1, 0.15) is 24.5 Å². The third-order valence-corrected chi connectivity index (χ3v) is 7.25. The zero-order valence-corrected chi connectivity index (χ0v) is 18.8. The number of fused-ring (bicyclic) bond motifs is 1. The summed E-state index contributed by atoms with van der Waals surface area (Å²) >= 11 is 0. The summed E-state index contributed by atoms with van der Waals surface area (Å²) in [4.78, 5) is 15.5. The van der Waals surface area contributed by atoms with Gasteiger partial charge in [0.2, 0.25) is 0 Å². The number of nitrogens with zero attached hydrogens (tertiary/aromatic N) is 2. The van der Waals surface area contributed by atoms with Gasteiger partial charge in [0.25, 0.3) is 10.0 Å². The van der Waals surface area contributed by atoms with E-state index in [0.29, 0.717) is 16.5 Å². The summed E-state index contributed by atoms with van der Waals surface area (Å²) in [6, 6.07) is 15.8. The van der Waals surface area contributed by atoms with Gasteiger partial charge in [-0.15, -0.1) is 5.73 Å². The number of carbonyl (C=O) groups is 1. The van der Waals surface area contributed by atoms with E-state index >= 15 is 0 Å². The van der Waals surface area contributed by atoms with Crippen molar-refractivity contribution in [1.29, 1.82) is 0 Å². The molecule has 2 aromatic carbocycles. The molecule has 0 aliphatic heterocycles. The first-order chi connectivity index (χ1) is 15.8. The van der Waals surface area contributed by atoms with Gasteiger partial charge in [-0.1, -0.05) is 30.8 Å². The van der Waals surface area contributed by atoms with E-state index in [1.807, 2.05) is 31.2 Å². The Morgan fingerprint density at radius 1 is 1.12 bits per heavy atom. The monoisotopic (exact) mass is 458 g/mol. The van der Waals surface area contributed by atoms with Gasteiger partial charge < -0.3 is 5.11 Å². The number of hydrogen-bond acceptors (Lipinski definition) is 4. The zero-order chi connectivity index (χ0) is 23.6. The Morgan fingerprint density at radius 3 is 2.52 bits per heavy atom. The van der Waals surface area contributed by atoms with Gasteiger partial charge in [0.15, 0.2) is 0 Å². The van der Waals surface area contributed by atoms with E-state index in [0.717, 1.165) is 22.3 Å². The molecule has 33 heavy (non-hydrogen) atoms. The lowest BCUT2D eigenvalue weighted by atomic mass is 10.0. The molecule has 0 amide bonds. The lowest BCUT2D eigenvalue weighted by molar-refractivity contribution is -0.136. The summed E-state index contributed by atoms with van der Waals surface area (Å²) in [7, 11) is -3.90. The molecule has 0 unspecified atom stereocenters. The van der Waals surface area contributed by atoms with Gasteiger partial charge >= 0.3 is 5.97 Å². The van der Waals surface area contributed by atoms with E-state index in [9.17, 15) is 18.3 Å². The highest BCUT2D eigenvalue weighted by atomic mass is 32.2. The SMILES string of the molecule is C=C=C(C)c1ccc(S(=O)(=O)n2cc(CCC(=O)O)c3cc(-c4cccnc4)ccc32)cc1. The highest BCUT2D eigenvalue weighted by Gasteiger charge is 2.22. The first-order valence-electron chi connectivity index (χ1n) is 10.3. The van der Waals surface area contributed by atoms with Crippen molar-refractivity contribution in [3.8, 4) is 11.1 Å². The van der Waals surface area contributed by atoms with E-state index in [-0.39, 0.29) is 17.7 Å². The van der Waals surface area contributed by atoms with Crippen LogP contribution in [0.5, 0.6) is 0 Å². The van der Waals surface area contributed by atoms with Crippen LogP contribution in [0.4, 0.5) is 0 Å². The van der Waals surface area contributed by atoms with Crippen LogP contribution in [0.2, 0.25) is 0 Å². The van der Waals surface area contributed by atoms with Crippen LogP contribution in [0.15, 0.2) is 90.4 Å². The minimum absolute atomic E-state index is 0.0991. The Morgan fingerprint density at radius 2 is 1.88 bits per heavy atom. The second-order valence-corrected chi connectivity index (χ2v) is 9.46. The van der Waals surface area contributed by atoms with Crippen LogP contribution in [-0.2, 0) is 21.2 Å². The molecule has 0 bridgehead atoms. The minimum Gasteiger partial charge on any atom is -0.481 e. The molecule has 0 atom stereocenters. The van der Waals surface area contributed by atoms with Crippen molar-refractivity contribution in [1.82, 2.24) is 8.96 Å². The van der Waals surface area contributed by atoms with Gasteiger partial charge in [-0.3, -0.25) is 9.78 Å². The molecule has 2 aromatic heterocycles. The summed E-state index contributed by atoms with van der Waals surface area (Å²) in [6.45, 7) is 5.47. The van der Waals surface area contributed by atoms with Crippen molar-refractivity contribution in [2.45, 2.75) is 24.7 Å². The van der Waals surface area contributed by atoms with Gasteiger partial charge in [0.05, 0.1) is 10.4 Å². The fourth-order valence-electron chi connectivity index (χ4n) is 3.71. The highest BCUT2D eigenvalue weighted by molar-refractivity contribution is 7.90. The van der Waals surface area contributed by atoms with Crippen molar-refractivity contribution in [2.24, 2.45) is 0 Å². The number of rotatable bonds is 7. The number of aryl methyl sites for hydroxylation is 1. The summed E-state index contributed by atoms with van der Waals surface area (Å²) in [5.41, 5.74) is 7.37. The van der Waals surface area contributed by atoms with E-state index in [1.165, 1.54) is 10.2 Å². The molecule has 6 nitrogen and oxygen atoms in total. The number of benzene rings is 2. The van der Waals surface area contributed by atoms with Gasteiger partial charge in [-0.05, 0) is 65.9 Å². The second-order valence-electron chi connectivity index (χ2n) is 7.65. The maximum atomic E-state index is 13.5. The van der Waals surface area contributed by atoms with Crippen molar-refractivity contribution in [3.05, 3.63) is 96.6 Å². The number of carboxylic acid groups (broad SMARTS) is 1. The average molecular weight is 459 g/mol. The van der Waals surface area contributed by atoms with Gasteiger partial charge in [0.1, 0.15) is 0 Å². The molecular weight excluding hydrogens is 436 g/mol. The number of aliphatic carboxylic acids is 1. The van der Waals surface area contributed by atoms with Crippen LogP contribution < -0.4 is 0 Å². The normalized spacial score (nSPS) is 11.3. The number of aromatic nitrogens is 2. The molecule has 4 rings (SSSR count). The molecule has 7 heteroatoms. The summed E-state index contributed by atoms with van der Waals surface area (Å²) < 4.78 is 28.2. The molecule has 0 spiro atoms. The molecule has 0 fully saturated rings. The zero-order valence-electron chi connectivity index (χ0n) is 18.0. The number of allylic oxidation sites excluding steroid dienone is 1. The van der Waals surface area contributed by atoms with Gasteiger partial charge in [0, 0.05) is 36.0 Å². The summed E-state index contributed by atoms with van der Waals surface area (Å²) in [5, 5.41) is 9.87. The largest absolute Gasteiger partial charge is 0.481 e. The lowest BCUT2D eigenvalue weighted by Crippen LogP contribution is -2.12. The maximum Gasteiger partial charge on any atom is 0.303 e. The number of carboxylic acids is 1. The molecule has 166 valence electrons. The number of hydrogen-bond donors (Lipinski definition) is 1. The quantitative estimate of drug-likeness (QED) is 0.387. The fourth-order valence-corrected chi connectivity index (χ4v) is 5.10. The van der Waals surface area contributed by atoms with Crippen molar-refractivity contribution >= 4 is 32.5 Å². The van der Waals surface area contributed by atoms with Crippen molar-refractivity contribution in [3.63, 3.8) is 0 Å². The highest BCUT2D eigenvalue weighted by Crippen LogP contribution is 2.31. The van der Waals surface area contributed by atoms with Gasteiger partial charge in [-0.2, -0.15) is 0 Å². The molecule has 4 aromatic rings. The molecule has 0 saturated heterocycles. The van der Waals surface area contributed by atoms with Crippen LogP contribution in [0.3, 0.4) is 0 Å². The smallest absolute Gasteiger partial charge is 0.303 e. The Balaban J connectivity index is 1.86. The topological polar surface area (TPSA) is 89.3 Å². The Bertz CT molecular complexity index is 1500. The van der Waals surface area contributed by atoms with E-state index in [4.69, 9.17) is 0 Å². The van der Waals surface area contributed by atoms with Crippen LogP contribution in [0.25, 0.3) is 27.6 Å². The Hall–Kier alpha value is -3.93. The third kappa shape index (κ3) is 4.37. The fraction of sp³-hybridized carbons (Fsp3) is 0.115. The maximum absolute atomic E-state index is 13.5. The average Bonchev–Trinajstić information content (AvgIpc) is 3.21. The standard InChI is InChI=1S/C26H22N2O4S/c1-3-18(2)19-6-10-23(11-7-19)33(31,32)28-17-22(9-13-26(29)30)24-15-20(8-12-25(24)28)21-5-4-14-27-16-21/h4-8,10-12,14-17H,1,9,13H2,2H3,(H,29,30). The van der Waals surface area contributed by atoms with Crippen molar-refractivity contribution < 1.29 is 18.3 Å². The first-order valence-corrected chi connectivity index (χ1v) is 11.7. The van der Waals surface area contributed by atoms with E-state index < -0.39 is 16.0 Å². The van der Waals surface area contributed by atoms with E-state index in [2.05, 4.69) is 17.3 Å². The van der Waals surface area contributed by atoms with E-state index in [1.54, 1.807) is 42.7 Å². The molecule has 2 heterocycles.